The zero-order valence-electron chi connectivity index (χ0n) is 17.6. The lowest BCUT2D eigenvalue weighted by molar-refractivity contribution is -0.120. The number of ether oxygens (including phenoxy) is 2. The van der Waals surface area contributed by atoms with Crippen LogP contribution in [-0.4, -0.2) is 33.2 Å². The Morgan fingerprint density at radius 2 is 1.58 bits per heavy atom. The minimum absolute atomic E-state index is 0.465. The molecule has 0 bridgehead atoms. The van der Waals surface area contributed by atoms with Gasteiger partial charge in [-0.1, -0.05) is 42.5 Å². The van der Waals surface area contributed by atoms with Gasteiger partial charge in [-0.15, -0.1) is 0 Å². The molecule has 3 aromatic carbocycles. The molecule has 0 aromatic heterocycles. The third-order valence-electron chi connectivity index (χ3n) is 4.77. The molecule has 0 spiro atoms. The van der Waals surface area contributed by atoms with E-state index in [9.17, 15) is 9.59 Å². The Hall–Kier alpha value is -4.00. The molecule has 3 rings (SSSR count). The van der Waals surface area contributed by atoms with Crippen molar-refractivity contribution < 1.29 is 19.1 Å². The molecule has 1 atom stereocenters. The largest absolute Gasteiger partial charge is 0.497 e. The van der Waals surface area contributed by atoms with Gasteiger partial charge in [0.05, 0.1) is 14.2 Å². The molecule has 3 amide bonds. The van der Waals surface area contributed by atoms with E-state index in [0.717, 1.165) is 22.4 Å². The highest BCUT2D eigenvalue weighted by Crippen LogP contribution is 2.34. The first kappa shape index (κ1) is 21.7. The van der Waals surface area contributed by atoms with Gasteiger partial charge in [-0.25, -0.2) is 4.79 Å². The van der Waals surface area contributed by atoms with Crippen molar-refractivity contribution in [2.24, 2.45) is 0 Å². The van der Waals surface area contributed by atoms with Crippen LogP contribution < -0.4 is 25.4 Å². The van der Waals surface area contributed by atoms with Crippen LogP contribution in [0, 0.1) is 0 Å². The molecule has 0 saturated carbocycles. The normalized spacial score (nSPS) is 11.2. The number of benzene rings is 3. The van der Waals surface area contributed by atoms with E-state index in [2.05, 4.69) is 16.0 Å². The van der Waals surface area contributed by atoms with Gasteiger partial charge in [0.15, 0.2) is 0 Å². The minimum atomic E-state index is -0.768. The summed E-state index contributed by atoms with van der Waals surface area (Å²) in [6.07, 6.45) is 0. The van der Waals surface area contributed by atoms with Crippen LogP contribution in [0.2, 0.25) is 0 Å². The van der Waals surface area contributed by atoms with Crippen LogP contribution in [-0.2, 0) is 4.79 Å². The minimum Gasteiger partial charge on any atom is -0.497 e. The average Bonchev–Trinajstić information content (AvgIpc) is 2.82. The van der Waals surface area contributed by atoms with Gasteiger partial charge in [-0.3, -0.25) is 10.1 Å². The number of anilines is 1. The number of rotatable bonds is 7. The molecule has 0 heterocycles. The third-order valence-corrected chi connectivity index (χ3v) is 4.77. The number of carbonyl (C=O) groups excluding carboxylic acids is 2. The van der Waals surface area contributed by atoms with E-state index in [4.69, 9.17) is 9.47 Å². The van der Waals surface area contributed by atoms with Crippen LogP contribution >= 0.6 is 0 Å². The lowest BCUT2D eigenvalue weighted by Gasteiger charge is -2.20. The summed E-state index contributed by atoms with van der Waals surface area (Å²) in [4.78, 5) is 24.5. The summed E-state index contributed by atoms with van der Waals surface area (Å²) in [6, 6.07) is 21.1. The fraction of sp³-hybridized carbons (Fsp3) is 0.167. The zero-order chi connectivity index (χ0) is 22.2. The number of nitrogens with one attached hydrogen (secondary N) is 3. The van der Waals surface area contributed by atoms with E-state index < -0.39 is 18.0 Å². The summed E-state index contributed by atoms with van der Waals surface area (Å²) in [7, 11) is 4.69. The van der Waals surface area contributed by atoms with Crippen molar-refractivity contribution in [2.75, 3.05) is 26.6 Å². The van der Waals surface area contributed by atoms with Crippen molar-refractivity contribution in [3.8, 4) is 22.6 Å². The van der Waals surface area contributed by atoms with Crippen molar-refractivity contribution >= 4 is 17.6 Å². The molecular weight excluding hydrogens is 394 g/mol. The van der Waals surface area contributed by atoms with Gasteiger partial charge in [-0.05, 0) is 41.5 Å². The van der Waals surface area contributed by atoms with Gasteiger partial charge in [0, 0.05) is 18.3 Å². The second-order valence-electron chi connectivity index (χ2n) is 6.70. The predicted molar refractivity (Wildman–Crippen MR) is 120 cm³/mol. The first-order valence-electron chi connectivity index (χ1n) is 9.72. The Morgan fingerprint density at radius 3 is 2.19 bits per heavy atom. The monoisotopic (exact) mass is 419 g/mol. The van der Waals surface area contributed by atoms with E-state index in [0.29, 0.717) is 11.4 Å². The number of imide groups is 1. The van der Waals surface area contributed by atoms with Crippen LogP contribution in [0.3, 0.4) is 0 Å². The van der Waals surface area contributed by atoms with Crippen LogP contribution in [0.5, 0.6) is 11.5 Å². The maximum atomic E-state index is 12.8. The fourth-order valence-corrected chi connectivity index (χ4v) is 3.15. The highest BCUT2D eigenvalue weighted by Gasteiger charge is 2.22. The van der Waals surface area contributed by atoms with Crippen LogP contribution in [0.15, 0.2) is 72.8 Å². The summed E-state index contributed by atoms with van der Waals surface area (Å²) in [6.45, 7) is 0. The summed E-state index contributed by atoms with van der Waals surface area (Å²) in [5.74, 6) is 0.987. The van der Waals surface area contributed by atoms with Crippen LogP contribution in [0.25, 0.3) is 11.1 Å². The molecule has 0 radical (unpaired) electrons. The molecule has 160 valence electrons. The molecule has 0 aliphatic carbocycles. The van der Waals surface area contributed by atoms with Crippen molar-refractivity contribution in [2.45, 2.75) is 6.04 Å². The highest BCUT2D eigenvalue weighted by molar-refractivity contribution is 5.98. The van der Waals surface area contributed by atoms with Crippen molar-refractivity contribution in [1.82, 2.24) is 10.6 Å². The van der Waals surface area contributed by atoms with Gasteiger partial charge in [0.2, 0.25) is 0 Å². The zero-order valence-corrected chi connectivity index (χ0v) is 17.6. The van der Waals surface area contributed by atoms with E-state index in [-0.39, 0.29) is 0 Å². The Morgan fingerprint density at radius 1 is 0.871 bits per heavy atom. The van der Waals surface area contributed by atoms with E-state index in [1.807, 2.05) is 72.8 Å². The van der Waals surface area contributed by atoms with Gasteiger partial charge in [0.1, 0.15) is 17.5 Å². The molecule has 0 fully saturated rings. The smallest absolute Gasteiger partial charge is 0.321 e. The quantitative estimate of drug-likeness (QED) is 0.539. The molecule has 0 aliphatic heterocycles. The van der Waals surface area contributed by atoms with E-state index in [1.165, 1.54) is 7.05 Å². The molecule has 0 saturated heterocycles. The molecule has 3 aromatic rings. The molecule has 3 N–H and O–H groups in total. The number of hydrogen-bond donors (Lipinski definition) is 3. The summed E-state index contributed by atoms with van der Waals surface area (Å²) < 4.78 is 10.8. The van der Waals surface area contributed by atoms with Gasteiger partial charge in [-0.2, -0.15) is 0 Å². The van der Waals surface area contributed by atoms with Gasteiger partial charge in [0.25, 0.3) is 5.91 Å². The highest BCUT2D eigenvalue weighted by atomic mass is 16.5. The molecular formula is C24H25N3O4. The standard InChI is InChI=1S/C24H25N3O4/c1-25-24(29)27-23(28)22(17-7-5-4-6-8-17)26-18-11-14-21(31-3)20(15-18)16-9-12-19(30-2)13-10-16/h4-15,22,26H,1-3H3,(H2,25,27,28,29). The Labute approximate surface area is 181 Å². The molecule has 7 nitrogen and oxygen atoms in total. The maximum Gasteiger partial charge on any atom is 0.321 e. The summed E-state index contributed by atoms with van der Waals surface area (Å²) in [5.41, 5.74) is 3.22. The average molecular weight is 419 g/mol. The van der Waals surface area contributed by atoms with Gasteiger partial charge < -0.3 is 20.1 Å². The number of urea groups is 1. The summed E-state index contributed by atoms with van der Waals surface area (Å²) >= 11 is 0. The first-order valence-corrected chi connectivity index (χ1v) is 9.72. The van der Waals surface area contributed by atoms with Gasteiger partial charge >= 0.3 is 6.03 Å². The molecule has 7 heteroatoms. The SMILES string of the molecule is CNC(=O)NC(=O)C(Nc1ccc(OC)c(-c2ccc(OC)cc2)c1)c1ccccc1. The van der Waals surface area contributed by atoms with Crippen molar-refractivity contribution in [3.63, 3.8) is 0 Å². The van der Waals surface area contributed by atoms with Crippen LogP contribution in [0.4, 0.5) is 10.5 Å². The van der Waals surface area contributed by atoms with Crippen molar-refractivity contribution in [1.29, 1.82) is 0 Å². The first-order chi connectivity index (χ1) is 15.0. The maximum absolute atomic E-state index is 12.8. The second-order valence-corrected chi connectivity index (χ2v) is 6.70. The van der Waals surface area contributed by atoms with E-state index >= 15 is 0 Å². The number of hydrogen-bond acceptors (Lipinski definition) is 5. The molecule has 1 unspecified atom stereocenters. The molecule has 0 aliphatic rings. The van der Waals surface area contributed by atoms with Crippen LogP contribution in [0.1, 0.15) is 11.6 Å². The lowest BCUT2D eigenvalue weighted by atomic mass is 10.0. The Balaban J connectivity index is 1.95. The van der Waals surface area contributed by atoms with Crippen molar-refractivity contribution in [3.05, 3.63) is 78.4 Å². The number of amides is 3. The third kappa shape index (κ3) is 5.33. The predicted octanol–water partition coefficient (Wildman–Crippen LogP) is 3.98. The molecule has 31 heavy (non-hydrogen) atoms. The van der Waals surface area contributed by atoms with E-state index in [1.54, 1.807) is 14.2 Å². The summed E-state index contributed by atoms with van der Waals surface area (Å²) in [5, 5.41) is 7.97. The number of carbonyl (C=O) groups is 2. The fourth-order valence-electron chi connectivity index (χ4n) is 3.15. The lowest BCUT2D eigenvalue weighted by Crippen LogP contribution is -2.42. The number of methoxy groups -OCH3 is 2. The second kappa shape index (κ2) is 10.2. The Bertz CT molecular complexity index is 1040. The topological polar surface area (TPSA) is 88.7 Å². The Kier molecular flexibility index (Phi) is 7.11.